The second-order valence-electron chi connectivity index (χ2n) is 5.24. The number of rotatable bonds is 6. The SMILES string of the molecule is CCCCS(=O)(=O)NC1CCN(c2ccccn2)CC1. The third kappa shape index (κ3) is 4.45. The van der Waals surface area contributed by atoms with E-state index in [9.17, 15) is 8.42 Å². The molecule has 5 nitrogen and oxygen atoms in total. The van der Waals surface area contributed by atoms with Gasteiger partial charge in [-0.3, -0.25) is 0 Å². The molecule has 0 saturated carbocycles. The molecule has 2 heterocycles. The molecule has 6 heteroatoms. The van der Waals surface area contributed by atoms with Gasteiger partial charge < -0.3 is 4.90 Å². The van der Waals surface area contributed by atoms with Crippen molar-refractivity contribution in [3.63, 3.8) is 0 Å². The van der Waals surface area contributed by atoms with E-state index in [4.69, 9.17) is 0 Å². The summed E-state index contributed by atoms with van der Waals surface area (Å²) >= 11 is 0. The monoisotopic (exact) mass is 297 g/mol. The quantitative estimate of drug-likeness (QED) is 0.869. The maximum Gasteiger partial charge on any atom is 0.211 e. The molecule has 0 aromatic carbocycles. The lowest BCUT2D eigenvalue weighted by molar-refractivity contribution is 0.458. The van der Waals surface area contributed by atoms with Gasteiger partial charge in [-0.1, -0.05) is 19.4 Å². The molecule has 1 N–H and O–H groups in total. The van der Waals surface area contributed by atoms with Crippen LogP contribution in [-0.4, -0.2) is 38.3 Å². The summed E-state index contributed by atoms with van der Waals surface area (Å²) in [7, 11) is -3.11. The van der Waals surface area contributed by atoms with Gasteiger partial charge >= 0.3 is 0 Å². The predicted molar refractivity (Wildman–Crippen MR) is 81.3 cm³/mol. The molecule has 0 atom stereocenters. The van der Waals surface area contributed by atoms with Crippen molar-refractivity contribution in [3.8, 4) is 0 Å². The topological polar surface area (TPSA) is 62.3 Å². The minimum atomic E-state index is -3.11. The van der Waals surface area contributed by atoms with E-state index in [-0.39, 0.29) is 11.8 Å². The number of nitrogens with one attached hydrogen (secondary N) is 1. The second kappa shape index (κ2) is 7.04. The molecule has 1 saturated heterocycles. The van der Waals surface area contributed by atoms with Crippen LogP contribution in [0.1, 0.15) is 32.6 Å². The molecule has 0 amide bonds. The summed E-state index contributed by atoms with van der Waals surface area (Å²) in [4.78, 5) is 6.54. The van der Waals surface area contributed by atoms with E-state index in [1.807, 2.05) is 25.1 Å². The van der Waals surface area contributed by atoms with Crippen LogP contribution in [0.4, 0.5) is 5.82 Å². The van der Waals surface area contributed by atoms with Crippen LogP contribution in [0.3, 0.4) is 0 Å². The maximum atomic E-state index is 11.9. The lowest BCUT2D eigenvalue weighted by Crippen LogP contribution is -2.45. The number of hydrogen-bond acceptors (Lipinski definition) is 4. The highest BCUT2D eigenvalue weighted by Gasteiger charge is 2.23. The smallest absolute Gasteiger partial charge is 0.211 e. The molecule has 0 radical (unpaired) electrons. The summed E-state index contributed by atoms with van der Waals surface area (Å²) < 4.78 is 26.6. The Morgan fingerprint density at radius 2 is 2.10 bits per heavy atom. The number of unbranched alkanes of at least 4 members (excludes halogenated alkanes) is 1. The molecule has 0 unspecified atom stereocenters. The lowest BCUT2D eigenvalue weighted by atomic mass is 10.1. The van der Waals surface area contributed by atoms with Crippen molar-refractivity contribution in [2.45, 2.75) is 38.6 Å². The van der Waals surface area contributed by atoms with E-state index in [0.29, 0.717) is 0 Å². The van der Waals surface area contributed by atoms with E-state index in [1.165, 1.54) is 0 Å². The van der Waals surface area contributed by atoms with Crippen molar-refractivity contribution in [3.05, 3.63) is 24.4 Å². The van der Waals surface area contributed by atoms with Gasteiger partial charge in [-0.25, -0.2) is 18.1 Å². The standard InChI is InChI=1S/C14H23N3O2S/c1-2-3-12-20(18,19)16-13-7-10-17(11-8-13)14-6-4-5-9-15-14/h4-6,9,13,16H,2-3,7-8,10-12H2,1H3. The van der Waals surface area contributed by atoms with Gasteiger partial charge in [0, 0.05) is 25.3 Å². The number of pyridine rings is 1. The van der Waals surface area contributed by atoms with Crippen molar-refractivity contribution in [1.82, 2.24) is 9.71 Å². The molecule has 0 bridgehead atoms. The normalized spacial score (nSPS) is 17.4. The predicted octanol–water partition coefficient (Wildman–Crippen LogP) is 1.77. The third-order valence-electron chi connectivity index (χ3n) is 3.58. The summed E-state index contributed by atoms with van der Waals surface area (Å²) in [6, 6.07) is 5.93. The average molecular weight is 297 g/mol. The fraction of sp³-hybridized carbons (Fsp3) is 0.643. The molecule has 0 aliphatic carbocycles. The van der Waals surface area contributed by atoms with Crippen LogP contribution in [0.15, 0.2) is 24.4 Å². The number of anilines is 1. The van der Waals surface area contributed by atoms with Crippen LogP contribution < -0.4 is 9.62 Å². The zero-order valence-electron chi connectivity index (χ0n) is 12.0. The van der Waals surface area contributed by atoms with E-state index < -0.39 is 10.0 Å². The number of nitrogens with zero attached hydrogens (tertiary/aromatic N) is 2. The first-order valence-corrected chi connectivity index (χ1v) is 8.92. The minimum Gasteiger partial charge on any atom is -0.357 e. The van der Waals surface area contributed by atoms with E-state index in [0.717, 1.165) is 44.6 Å². The Kier molecular flexibility index (Phi) is 5.37. The van der Waals surface area contributed by atoms with Crippen LogP contribution in [0.25, 0.3) is 0 Å². The molecule has 1 aromatic heterocycles. The molecule has 1 fully saturated rings. The van der Waals surface area contributed by atoms with E-state index in [1.54, 1.807) is 6.20 Å². The highest BCUT2D eigenvalue weighted by molar-refractivity contribution is 7.89. The summed E-state index contributed by atoms with van der Waals surface area (Å²) in [5.74, 6) is 1.21. The van der Waals surface area contributed by atoms with Gasteiger partial charge in [0.15, 0.2) is 0 Å². The molecule has 1 aromatic rings. The first-order valence-electron chi connectivity index (χ1n) is 7.26. The molecular formula is C14H23N3O2S. The van der Waals surface area contributed by atoms with Crippen LogP contribution in [0.5, 0.6) is 0 Å². The first-order chi connectivity index (χ1) is 9.61. The molecule has 1 aliphatic rings. The Bertz CT molecular complexity index is 496. The average Bonchev–Trinajstić information content (AvgIpc) is 2.46. The van der Waals surface area contributed by atoms with Crippen LogP contribution in [0, 0.1) is 0 Å². The minimum absolute atomic E-state index is 0.0665. The highest BCUT2D eigenvalue weighted by Crippen LogP contribution is 2.17. The van der Waals surface area contributed by atoms with Gasteiger partial charge in [-0.05, 0) is 31.4 Å². The Hall–Kier alpha value is -1.14. The van der Waals surface area contributed by atoms with Crippen molar-refractivity contribution < 1.29 is 8.42 Å². The van der Waals surface area contributed by atoms with Gasteiger partial charge in [0.05, 0.1) is 5.75 Å². The van der Waals surface area contributed by atoms with Crippen LogP contribution >= 0.6 is 0 Å². The molecule has 0 spiro atoms. The van der Waals surface area contributed by atoms with Gasteiger partial charge in [-0.2, -0.15) is 0 Å². The van der Waals surface area contributed by atoms with Gasteiger partial charge in [0.2, 0.25) is 10.0 Å². The third-order valence-corrected chi connectivity index (χ3v) is 5.10. The zero-order chi connectivity index (χ0) is 14.4. The van der Waals surface area contributed by atoms with E-state index >= 15 is 0 Å². The number of sulfonamides is 1. The van der Waals surface area contributed by atoms with Crippen molar-refractivity contribution in [2.75, 3.05) is 23.7 Å². The van der Waals surface area contributed by atoms with Crippen LogP contribution in [0.2, 0.25) is 0 Å². The zero-order valence-corrected chi connectivity index (χ0v) is 12.8. The van der Waals surface area contributed by atoms with Crippen LogP contribution in [-0.2, 0) is 10.0 Å². The number of aromatic nitrogens is 1. The summed E-state index contributed by atoms with van der Waals surface area (Å²) in [5, 5.41) is 0. The van der Waals surface area contributed by atoms with Gasteiger partial charge in [0.25, 0.3) is 0 Å². The summed E-state index contributed by atoms with van der Waals surface area (Å²) in [5.41, 5.74) is 0. The van der Waals surface area contributed by atoms with Crippen molar-refractivity contribution in [1.29, 1.82) is 0 Å². The first kappa shape index (κ1) is 15.3. The second-order valence-corrected chi connectivity index (χ2v) is 7.11. The van der Waals surface area contributed by atoms with Crippen molar-refractivity contribution >= 4 is 15.8 Å². The summed E-state index contributed by atoms with van der Waals surface area (Å²) in [6.07, 6.45) is 5.08. The fourth-order valence-electron chi connectivity index (χ4n) is 2.41. The van der Waals surface area contributed by atoms with Gasteiger partial charge in [-0.15, -0.1) is 0 Å². The number of piperidine rings is 1. The Labute approximate surface area is 121 Å². The largest absolute Gasteiger partial charge is 0.357 e. The maximum absolute atomic E-state index is 11.9. The summed E-state index contributed by atoms with van der Waals surface area (Å²) in [6.45, 7) is 3.69. The van der Waals surface area contributed by atoms with E-state index in [2.05, 4.69) is 14.6 Å². The Morgan fingerprint density at radius 3 is 2.70 bits per heavy atom. The number of hydrogen-bond donors (Lipinski definition) is 1. The molecule has 1 aliphatic heterocycles. The fourth-order valence-corrected chi connectivity index (χ4v) is 3.94. The van der Waals surface area contributed by atoms with Crippen molar-refractivity contribution in [2.24, 2.45) is 0 Å². The Morgan fingerprint density at radius 1 is 1.35 bits per heavy atom. The highest BCUT2D eigenvalue weighted by atomic mass is 32.2. The molecule has 112 valence electrons. The molecular weight excluding hydrogens is 274 g/mol. The molecule has 20 heavy (non-hydrogen) atoms. The lowest BCUT2D eigenvalue weighted by Gasteiger charge is -2.32. The van der Waals surface area contributed by atoms with Gasteiger partial charge in [0.1, 0.15) is 5.82 Å². The molecule has 2 rings (SSSR count). The Balaban J connectivity index is 1.83.